The molecular formula is C19H23N3O4. The van der Waals surface area contributed by atoms with Crippen molar-refractivity contribution in [2.45, 2.75) is 32.6 Å². The Labute approximate surface area is 151 Å². The van der Waals surface area contributed by atoms with E-state index in [-0.39, 0.29) is 19.1 Å². The second-order valence-electron chi connectivity index (χ2n) is 6.43. The highest BCUT2D eigenvalue weighted by atomic mass is 16.5. The zero-order valence-corrected chi connectivity index (χ0v) is 14.8. The van der Waals surface area contributed by atoms with E-state index in [0.717, 1.165) is 36.6 Å². The van der Waals surface area contributed by atoms with Crippen LogP contribution in [0, 0.1) is 0 Å². The largest absolute Gasteiger partial charge is 0.452 e. The van der Waals surface area contributed by atoms with Gasteiger partial charge < -0.3 is 20.4 Å². The average Bonchev–Trinajstić information content (AvgIpc) is 3.02. The van der Waals surface area contributed by atoms with E-state index >= 15 is 0 Å². The molecule has 0 fully saturated rings. The second-order valence-corrected chi connectivity index (χ2v) is 6.43. The van der Waals surface area contributed by atoms with E-state index in [2.05, 4.69) is 15.6 Å². The van der Waals surface area contributed by atoms with Crippen LogP contribution in [0.1, 0.15) is 41.4 Å². The van der Waals surface area contributed by atoms with Gasteiger partial charge in [0.25, 0.3) is 5.91 Å². The lowest BCUT2D eigenvalue weighted by atomic mass is 9.95. The Kier molecular flexibility index (Phi) is 5.55. The maximum absolute atomic E-state index is 12.4. The van der Waals surface area contributed by atoms with Crippen LogP contribution in [0.4, 0.5) is 0 Å². The van der Waals surface area contributed by atoms with Crippen molar-refractivity contribution in [3.8, 4) is 0 Å². The Bertz CT molecular complexity index is 841. The summed E-state index contributed by atoms with van der Waals surface area (Å²) in [4.78, 5) is 38.3. The van der Waals surface area contributed by atoms with Gasteiger partial charge in [0, 0.05) is 31.1 Å². The first-order valence-electron chi connectivity index (χ1n) is 8.87. The fourth-order valence-electron chi connectivity index (χ4n) is 3.30. The number of ether oxygens (including phenoxy) is 1. The van der Waals surface area contributed by atoms with Crippen LogP contribution in [0.5, 0.6) is 0 Å². The van der Waals surface area contributed by atoms with E-state index in [0.29, 0.717) is 12.1 Å². The summed E-state index contributed by atoms with van der Waals surface area (Å²) in [7, 11) is 0. The second kappa shape index (κ2) is 8.03. The molecule has 0 saturated heterocycles. The Morgan fingerprint density at radius 3 is 2.69 bits per heavy atom. The maximum atomic E-state index is 12.4. The van der Waals surface area contributed by atoms with Gasteiger partial charge in [0.15, 0.2) is 6.61 Å². The van der Waals surface area contributed by atoms with Gasteiger partial charge in [-0.1, -0.05) is 12.1 Å². The number of hydrogen-bond acceptors (Lipinski definition) is 4. The minimum Gasteiger partial charge on any atom is -0.452 e. The number of carbonyl (C=O) groups is 3. The molecule has 1 aliphatic carbocycles. The maximum Gasteiger partial charge on any atom is 0.340 e. The van der Waals surface area contributed by atoms with Gasteiger partial charge in [-0.15, -0.1) is 0 Å². The number of hydrogen-bond donors (Lipinski definition) is 3. The first-order valence-corrected chi connectivity index (χ1v) is 8.87. The molecule has 7 heteroatoms. The molecule has 0 bridgehead atoms. The molecule has 7 nitrogen and oxygen atoms in total. The fraction of sp³-hybridized carbons (Fsp3) is 0.421. The molecule has 1 aromatic heterocycles. The zero-order valence-electron chi connectivity index (χ0n) is 14.8. The molecule has 3 N–H and O–H groups in total. The van der Waals surface area contributed by atoms with Crippen LogP contribution in [0.15, 0.2) is 18.2 Å². The first-order chi connectivity index (χ1) is 12.6. The van der Waals surface area contributed by atoms with E-state index < -0.39 is 11.9 Å². The van der Waals surface area contributed by atoms with Crippen molar-refractivity contribution in [2.75, 3.05) is 19.7 Å². The van der Waals surface area contributed by atoms with Gasteiger partial charge in [-0.2, -0.15) is 0 Å². The number of aryl methyl sites for hydroxylation is 2. The summed E-state index contributed by atoms with van der Waals surface area (Å²) in [5.74, 6) is -1.08. The fourth-order valence-corrected chi connectivity index (χ4v) is 3.30. The van der Waals surface area contributed by atoms with E-state index in [1.165, 1.54) is 18.2 Å². The SMILES string of the molecule is CC(=O)NCCNC(=O)COC(=O)c1cccc2c3c([nH]c12)CCCC3. The number of carbonyl (C=O) groups excluding carboxylic acids is 3. The van der Waals surface area contributed by atoms with Crippen molar-refractivity contribution in [1.82, 2.24) is 15.6 Å². The third-order valence-electron chi connectivity index (χ3n) is 4.51. The number of rotatable bonds is 6. The van der Waals surface area contributed by atoms with Crippen LogP contribution in [-0.4, -0.2) is 42.5 Å². The topological polar surface area (TPSA) is 100 Å². The molecule has 1 heterocycles. The molecule has 2 amide bonds. The van der Waals surface area contributed by atoms with Gasteiger partial charge in [0.2, 0.25) is 5.91 Å². The van der Waals surface area contributed by atoms with Crippen molar-refractivity contribution in [3.63, 3.8) is 0 Å². The standard InChI is InChI=1S/C19H23N3O4/c1-12(23)20-9-10-21-17(24)11-26-19(25)15-7-4-6-14-13-5-2-3-8-16(13)22-18(14)15/h4,6-7,22H,2-3,5,8-11H2,1H3,(H,20,23)(H,21,24). The van der Waals surface area contributed by atoms with Gasteiger partial charge in [-0.3, -0.25) is 9.59 Å². The summed E-state index contributed by atoms with van der Waals surface area (Å²) in [6.45, 7) is 1.68. The van der Waals surface area contributed by atoms with E-state index in [1.807, 2.05) is 12.1 Å². The minimum atomic E-state index is -0.522. The number of aromatic nitrogens is 1. The van der Waals surface area contributed by atoms with Crippen molar-refractivity contribution in [2.24, 2.45) is 0 Å². The van der Waals surface area contributed by atoms with Crippen molar-refractivity contribution in [1.29, 1.82) is 0 Å². The lowest BCUT2D eigenvalue weighted by molar-refractivity contribution is -0.124. The molecule has 138 valence electrons. The van der Waals surface area contributed by atoms with Gasteiger partial charge in [-0.05, 0) is 37.3 Å². The monoisotopic (exact) mass is 357 g/mol. The van der Waals surface area contributed by atoms with Gasteiger partial charge >= 0.3 is 5.97 Å². The highest BCUT2D eigenvalue weighted by Crippen LogP contribution is 2.30. The van der Waals surface area contributed by atoms with E-state index in [4.69, 9.17) is 4.74 Å². The van der Waals surface area contributed by atoms with Crippen molar-refractivity contribution < 1.29 is 19.1 Å². The average molecular weight is 357 g/mol. The van der Waals surface area contributed by atoms with Crippen molar-refractivity contribution in [3.05, 3.63) is 35.0 Å². The summed E-state index contributed by atoms with van der Waals surface area (Å²) >= 11 is 0. The quantitative estimate of drug-likeness (QED) is 0.538. The number of benzene rings is 1. The summed E-state index contributed by atoms with van der Waals surface area (Å²) in [5.41, 5.74) is 3.72. The van der Waals surface area contributed by atoms with E-state index in [9.17, 15) is 14.4 Å². The molecule has 0 spiro atoms. The number of esters is 1. The third-order valence-corrected chi connectivity index (χ3v) is 4.51. The molecule has 0 unspecified atom stereocenters. The number of amides is 2. The molecule has 0 aliphatic heterocycles. The van der Waals surface area contributed by atoms with Gasteiger partial charge in [0.05, 0.1) is 11.1 Å². The number of nitrogens with one attached hydrogen (secondary N) is 3. The molecule has 3 rings (SSSR count). The molecule has 1 aromatic carbocycles. The van der Waals surface area contributed by atoms with Crippen LogP contribution in [0.3, 0.4) is 0 Å². The van der Waals surface area contributed by atoms with Crippen LogP contribution < -0.4 is 10.6 Å². The van der Waals surface area contributed by atoms with Crippen molar-refractivity contribution >= 4 is 28.7 Å². The van der Waals surface area contributed by atoms with Crippen LogP contribution in [-0.2, 0) is 27.2 Å². The number of aromatic amines is 1. The highest BCUT2D eigenvalue weighted by molar-refractivity contribution is 6.04. The smallest absolute Gasteiger partial charge is 0.340 e. The predicted octanol–water partition coefficient (Wildman–Crippen LogP) is 1.46. The number of fused-ring (bicyclic) bond motifs is 3. The number of H-pyrrole nitrogens is 1. The Morgan fingerprint density at radius 1 is 1.12 bits per heavy atom. The van der Waals surface area contributed by atoms with Gasteiger partial charge in [-0.25, -0.2) is 4.79 Å². The summed E-state index contributed by atoms with van der Waals surface area (Å²) < 4.78 is 5.15. The third kappa shape index (κ3) is 4.04. The van der Waals surface area contributed by atoms with Crippen LogP contribution in [0.2, 0.25) is 0 Å². The van der Waals surface area contributed by atoms with E-state index in [1.54, 1.807) is 6.07 Å². The first kappa shape index (κ1) is 18.0. The van der Waals surface area contributed by atoms with Crippen LogP contribution >= 0.6 is 0 Å². The molecule has 26 heavy (non-hydrogen) atoms. The molecule has 1 aliphatic rings. The lowest BCUT2D eigenvalue weighted by Crippen LogP contribution is -2.35. The Morgan fingerprint density at radius 2 is 1.88 bits per heavy atom. The normalized spacial score (nSPS) is 13.1. The number of para-hydroxylation sites is 1. The zero-order chi connectivity index (χ0) is 18.5. The Hall–Kier alpha value is -2.83. The minimum absolute atomic E-state index is 0.160. The predicted molar refractivity (Wildman–Crippen MR) is 96.9 cm³/mol. The molecule has 0 radical (unpaired) electrons. The summed E-state index contributed by atoms with van der Waals surface area (Å²) in [6.07, 6.45) is 4.32. The lowest BCUT2D eigenvalue weighted by Gasteiger charge is -2.10. The summed E-state index contributed by atoms with van der Waals surface area (Å²) in [5, 5.41) is 6.22. The Balaban J connectivity index is 1.61. The van der Waals surface area contributed by atoms with Gasteiger partial charge in [0.1, 0.15) is 0 Å². The molecule has 2 aromatic rings. The molecule has 0 saturated carbocycles. The molecular weight excluding hydrogens is 334 g/mol. The van der Waals surface area contributed by atoms with Crippen LogP contribution in [0.25, 0.3) is 10.9 Å². The summed E-state index contributed by atoms with van der Waals surface area (Å²) in [6, 6.07) is 5.57. The molecule has 0 atom stereocenters. The highest BCUT2D eigenvalue weighted by Gasteiger charge is 2.20.